The number of aliphatic hydroxyl groups excluding tert-OH is 1. The Labute approximate surface area is 127 Å². The van der Waals surface area contributed by atoms with Crippen LogP contribution in [0.1, 0.15) is 32.1 Å². The number of ether oxygens (including phenoxy) is 2. The number of benzene rings is 1. The lowest BCUT2D eigenvalue weighted by atomic mass is 9.94. The maximum absolute atomic E-state index is 9.24. The van der Waals surface area contributed by atoms with Gasteiger partial charge < -0.3 is 14.6 Å². The van der Waals surface area contributed by atoms with Crippen LogP contribution in [0.2, 0.25) is 0 Å². The zero-order chi connectivity index (χ0) is 14.9. The van der Waals surface area contributed by atoms with Crippen LogP contribution in [0.15, 0.2) is 24.3 Å². The van der Waals surface area contributed by atoms with Crippen molar-refractivity contribution >= 4 is 0 Å². The molecule has 0 atom stereocenters. The van der Waals surface area contributed by atoms with Crippen molar-refractivity contribution in [2.24, 2.45) is 0 Å². The first-order valence-electron chi connectivity index (χ1n) is 7.95. The molecule has 118 valence electrons. The van der Waals surface area contributed by atoms with Crippen LogP contribution in [-0.2, 0) is 0 Å². The third kappa shape index (κ3) is 5.21. The van der Waals surface area contributed by atoms with Crippen molar-refractivity contribution in [2.45, 2.75) is 38.1 Å². The average molecular weight is 293 g/mol. The maximum atomic E-state index is 9.24. The molecule has 0 bridgehead atoms. The quantitative estimate of drug-likeness (QED) is 0.800. The summed E-state index contributed by atoms with van der Waals surface area (Å²) in [4.78, 5) is 2.38. The molecule has 0 spiro atoms. The van der Waals surface area contributed by atoms with Gasteiger partial charge in [0.25, 0.3) is 0 Å². The molecule has 2 rings (SSSR count). The van der Waals surface area contributed by atoms with Crippen molar-refractivity contribution in [3.8, 4) is 11.5 Å². The van der Waals surface area contributed by atoms with Crippen molar-refractivity contribution in [1.82, 2.24) is 4.90 Å². The fraction of sp³-hybridized carbons (Fsp3) is 0.647. The van der Waals surface area contributed by atoms with E-state index >= 15 is 0 Å². The maximum Gasteiger partial charge on any atom is 0.119 e. The summed E-state index contributed by atoms with van der Waals surface area (Å²) in [5.41, 5.74) is 0. The molecule has 0 radical (unpaired) electrons. The molecular formula is C17H27NO3. The number of aliphatic hydroxyl groups is 1. The molecule has 0 unspecified atom stereocenters. The van der Waals surface area contributed by atoms with E-state index in [0.29, 0.717) is 12.6 Å². The van der Waals surface area contributed by atoms with Gasteiger partial charge in [-0.3, -0.25) is 4.90 Å². The summed E-state index contributed by atoms with van der Waals surface area (Å²) in [5, 5.41) is 9.24. The molecule has 4 heteroatoms. The summed E-state index contributed by atoms with van der Waals surface area (Å²) >= 11 is 0. The number of methoxy groups -OCH3 is 1. The monoisotopic (exact) mass is 293 g/mol. The van der Waals surface area contributed by atoms with Gasteiger partial charge in [0.05, 0.1) is 13.7 Å². The number of nitrogens with zero attached hydrogens (tertiary/aromatic N) is 1. The van der Waals surface area contributed by atoms with Crippen molar-refractivity contribution in [3.63, 3.8) is 0 Å². The highest BCUT2D eigenvalue weighted by molar-refractivity contribution is 5.31. The Morgan fingerprint density at radius 3 is 2.33 bits per heavy atom. The van der Waals surface area contributed by atoms with Gasteiger partial charge in [-0.1, -0.05) is 19.3 Å². The van der Waals surface area contributed by atoms with E-state index in [-0.39, 0.29) is 6.61 Å². The number of hydrogen-bond acceptors (Lipinski definition) is 4. The lowest BCUT2D eigenvalue weighted by Gasteiger charge is -2.33. The Balaban J connectivity index is 1.77. The van der Waals surface area contributed by atoms with E-state index in [1.807, 2.05) is 24.3 Å². The molecule has 1 aliphatic carbocycles. The Morgan fingerprint density at radius 2 is 1.71 bits per heavy atom. The average Bonchev–Trinajstić information content (AvgIpc) is 2.55. The molecule has 1 saturated carbocycles. The summed E-state index contributed by atoms with van der Waals surface area (Å²) in [5.74, 6) is 1.70. The molecule has 0 saturated heterocycles. The van der Waals surface area contributed by atoms with Crippen molar-refractivity contribution in [3.05, 3.63) is 24.3 Å². The molecular weight excluding hydrogens is 266 g/mol. The van der Waals surface area contributed by atoms with Crippen LogP contribution in [0.5, 0.6) is 11.5 Å². The summed E-state index contributed by atoms with van der Waals surface area (Å²) in [7, 11) is 1.66. The first kappa shape index (κ1) is 16.1. The molecule has 1 aromatic rings. The fourth-order valence-corrected chi connectivity index (χ4v) is 3.00. The molecule has 0 aliphatic heterocycles. The second-order valence-electron chi connectivity index (χ2n) is 5.58. The van der Waals surface area contributed by atoms with Crippen LogP contribution in [0.4, 0.5) is 0 Å². The van der Waals surface area contributed by atoms with Gasteiger partial charge >= 0.3 is 0 Å². The van der Waals surface area contributed by atoms with Gasteiger partial charge in [-0.25, -0.2) is 0 Å². The Bertz CT molecular complexity index is 388. The van der Waals surface area contributed by atoms with Crippen molar-refractivity contribution in [1.29, 1.82) is 0 Å². The first-order valence-corrected chi connectivity index (χ1v) is 7.95. The Morgan fingerprint density at radius 1 is 1.05 bits per heavy atom. The second-order valence-corrected chi connectivity index (χ2v) is 5.58. The fourth-order valence-electron chi connectivity index (χ4n) is 3.00. The van der Waals surface area contributed by atoms with E-state index in [9.17, 15) is 5.11 Å². The van der Waals surface area contributed by atoms with Gasteiger partial charge in [0.2, 0.25) is 0 Å². The molecule has 1 fully saturated rings. The smallest absolute Gasteiger partial charge is 0.119 e. The standard InChI is InChI=1S/C17H27NO3/c1-20-16-7-9-17(10-8-16)21-14-12-18(11-13-19)15-5-3-2-4-6-15/h7-10,15,19H,2-6,11-14H2,1H3. The molecule has 1 aliphatic rings. The van der Waals surface area contributed by atoms with Crippen LogP contribution >= 0.6 is 0 Å². The lowest BCUT2D eigenvalue weighted by Crippen LogP contribution is -2.41. The van der Waals surface area contributed by atoms with Gasteiger partial charge in [-0.05, 0) is 37.1 Å². The van der Waals surface area contributed by atoms with Crippen LogP contribution in [0.3, 0.4) is 0 Å². The lowest BCUT2D eigenvalue weighted by molar-refractivity contribution is 0.106. The third-order valence-electron chi connectivity index (χ3n) is 4.18. The predicted molar refractivity (Wildman–Crippen MR) is 84.0 cm³/mol. The number of hydrogen-bond donors (Lipinski definition) is 1. The van der Waals surface area contributed by atoms with Crippen LogP contribution in [0, 0.1) is 0 Å². The largest absolute Gasteiger partial charge is 0.497 e. The second kappa shape index (κ2) is 8.90. The normalized spacial score (nSPS) is 16.1. The SMILES string of the molecule is COc1ccc(OCCN(CCO)C2CCCCC2)cc1. The zero-order valence-electron chi connectivity index (χ0n) is 13.0. The van der Waals surface area contributed by atoms with Gasteiger partial charge in [0, 0.05) is 19.1 Å². The van der Waals surface area contributed by atoms with Crippen molar-refractivity contribution < 1.29 is 14.6 Å². The van der Waals surface area contributed by atoms with Gasteiger partial charge in [0.1, 0.15) is 18.1 Å². The molecule has 1 N–H and O–H groups in total. The highest BCUT2D eigenvalue weighted by Crippen LogP contribution is 2.22. The van der Waals surface area contributed by atoms with E-state index < -0.39 is 0 Å². The molecule has 0 heterocycles. The van der Waals surface area contributed by atoms with Crippen molar-refractivity contribution in [2.75, 3.05) is 33.4 Å². The minimum absolute atomic E-state index is 0.221. The summed E-state index contributed by atoms with van der Waals surface area (Å²) < 4.78 is 10.9. The van der Waals surface area contributed by atoms with Crippen LogP contribution in [-0.4, -0.2) is 49.5 Å². The molecule has 1 aromatic carbocycles. The first-order chi connectivity index (χ1) is 10.3. The Hall–Kier alpha value is -1.26. The molecule has 0 aromatic heterocycles. The minimum Gasteiger partial charge on any atom is -0.497 e. The zero-order valence-corrected chi connectivity index (χ0v) is 13.0. The van der Waals surface area contributed by atoms with E-state index in [4.69, 9.17) is 9.47 Å². The number of rotatable bonds is 8. The summed E-state index contributed by atoms with van der Waals surface area (Å²) in [6, 6.07) is 8.28. The van der Waals surface area contributed by atoms with E-state index in [1.54, 1.807) is 7.11 Å². The summed E-state index contributed by atoms with van der Waals surface area (Å²) in [6.07, 6.45) is 6.48. The van der Waals surface area contributed by atoms with Crippen LogP contribution in [0.25, 0.3) is 0 Å². The van der Waals surface area contributed by atoms with E-state index in [2.05, 4.69) is 4.90 Å². The van der Waals surface area contributed by atoms with E-state index in [0.717, 1.165) is 24.6 Å². The van der Waals surface area contributed by atoms with Gasteiger partial charge in [-0.15, -0.1) is 0 Å². The van der Waals surface area contributed by atoms with Gasteiger partial charge in [0.15, 0.2) is 0 Å². The third-order valence-corrected chi connectivity index (χ3v) is 4.18. The highest BCUT2D eigenvalue weighted by Gasteiger charge is 2.20. The summed E-state index contributed by atoms with van der Waals surface area (Å²) in [6.45, 7) is 2.50. The minimum atomic E-state index is 0.221. The Kier molecular flexibility index (Phi) is 6.83. The molecule has 0 amide bonds. The van der Waals surface area contributed by atoms with Crippen LogP contribution < -0.4 is 9.47 Å². The molecule has 4 nitrogen and oxygen atoms in total. The van der Waals surface area contributed by atoms with E-state index in [1.165, 1.54) is 32.1 Å². The topological polar surface area (TPSA) is 41.9 Å². The van der Waals surface area contributed by atoms with Gasteiger partial charge in [-0.2, -0.15) is 0 Å². The predicted octanol–water partition coefficient (Wildman–Crippen LogP) is 2.70. The highest BCUT2D eigenvalue weighted by atomic mass is 16.5. The molecule has 21 heavy (non-hydrogen) atoms.